The van der Waals surface area contributed by atoms with E-state index in [9.17, 15) is 4.39 Å². The normalized spacial score (nSPS) is 10.3. The highest BCUT2D eigenvalue weighted by molar-refractivity contribution is 9.10. The maximum Gasteiger partial charge on any atom is 0.166 e. The molecule has 0 aliphatic rings. The van der Waals surface area contributed by atoms with Gasteiger partial charge in [-0.1, -0.05) is 15.9 Å². The molecule has 0 heterocycles. The summed E-state index contributed by atoms with van der Waals surface area (Å²) in [5.41, 5.74) is 7.26. The SMILES string of the molecule is Cc1cc(N)cc(Oc2ccc(Br)cc2F)c1. The summed E-state index contributed by atoms with van der Waals surface area (Å²) in [6.45, 7) is 1.90. The van der Waals surface area contributed by atoms with Crippen LogP contribution in [0, 0.1) is 12.7 Å². The van der Waals surface area contributed by atoms with Gasteiger partial charge in [0.25, 0.3) is 0 Å². The molecule has 0 bridgehead atoms. The monoisotopic (exact) mass is 295 g/mol. The Morgan fingerprint density at radius 3 is 2.59 bits per heavy atom. The van der Waals surface area contributed by atoms with E-state index in [0.717, 1.165) is 5.56 Å². The molecule has 0 atom stereocenters. The lowest BCUT2D eigenvalue weighted by molar-refractivity contribution is 0.442. The van der Waals surface area contributed by atoms with Gasteiger partial charge >= 0.3 is 0 Å². The molecule has 0 aliphatic carbocycles. The van der Waals surface area contributed by atoms with Crippen LogP contribution in [0.15, 0.2) is 40.9 Å². The van der Waals surface area contributed by atoms with Crippen molar-refractivity contribution in [1.29, 1.82) is 0 Å². The van der Waals surface area contributed by atoms with Crippen LogP contribution in [0.2, 0.25) is 0 Å². The minimum absolute atomic E-state index is 0.179. The lowest BCUT2D eigenvalue weighted by Gasteiger charge is -2.08. The highest BCUT2D eigenvalue weighted by atomic mass is 79.9. The van der Waals surface area contributed by atoms with Gasteiger partial charge in [0.1, 0.15) is 5.75 Å². The Bertz CT molecular complexity index is 537. The topological polar surface area (TPSA) is 35.2 Å². The Morgan fingerprint density at radius 1 is 1.18 bits per heavy atom. The molecule has 2 aromatic carbocycles. The minimum atomic E-state index is -0.417. The fourth-order valence-corrected chi connectivity index (χ4v) is 1.85. The standard InChI is InChI=1S/C13H11BrFNO/c1-8-4-10(16)7-11(5-8)17-13-3-2-9(14)6-12(13)15/h2-7H,16H2,1H3. The second-order valence-electron chi connectivity index (χ2n) is 3.76. The van der Waals surface area contributed by atoms with Gasteiger partial charge in [-0.2, -0.15) is 0 Å². The molecule has 17 heavy (non-hydrogen) atoms. The van der Waals surface area contributed by atoms with E-state index < -0.39 is 5.82 Å². The third-order valence-corrected chi connectivity index (χ3v) is 2.69. The van der Waals surface area contributed by atoms with Crippen LogP contribution < -0.4 is 10.5 Å². The molecule has 0 radical (unpaired) electrons. The van der Waals surface area contributed by atoms with Crippen molar-refractivity contribution in [3.05, 3.63) is 52.3 Å². The first-order valence-electron chi connectivity index (χ1n) is 5.04. The van der Waals surface area contributed by atoms with Gasteiger partial charge in [0.15, 0.2) is 11.6 Å². The number of ether oxygens (including phenoxy) is 1. The molecular weight excluding hydrogens is 285 g/mol. The Hall–Kier alpha value is -1.55. The number of halogens is 2. The lowest BCUT2D eigenvalue weighted by Crippen LogP contribution is -1.91. The molecule has 0 aliphatic heterocycles. The van der Waals surface area contributed by atoms with Crippen molar-refractivity contribution in [2.75, 3.05) is 5.73 Å². The zero-order valence-corrected chi connectivity index (χ0v) is 10.8. The summed E-state index contributed by atoms with van der Waals surface area (Å²) in [5.74, 6) is 0.293. The van der Waals surface area contributed by atoms with Gasteiger partial charge in [0.05, 0.1) is 0 Å². The Morgan fingerprint density at radius 2 is 1.94 bits per heavy atom. The van der Waals surface area contributed by atoms with Crippen molar-refractivity contribution in [3.63, 3.8) is 0 Å². The van der Waals surface area contributed by atoms with Crippen LogP contribution in [0.3, 0.4) is 0 Å². The maximum absolute atomic E-state index is 13.6. The van der Waals surface area contributed by atoms with E-state index >= 15 is 0 Å². The molecule has 2 N–H and O–H groups in total. The molecule has 0 spiro atoms. The van der Waals surface area contributed by atoms with E-state index in [2.05, 4.69) is 15.9 Å². The Labute approximate surface area is 107 Å². The average molecular weight is 296 g/mol. The molecule has 0 amide bonds. The molecule has 0 unspecified atom stereocenters. The summed E-state index contributed by atoms with van der Waals surface area (Å²) in [6.07, 6.45) is 0. The van der Waals surface area contributed by atoms with E-state index in [0.29, 0.717) is 15.9 Å². The van der Waals surface area contributed by atoms with E-state index in [1.165, 1.54) is 6.07 Å². The van der Waals surface area contributed by atoms with Crippen LogP contribution in [0.4, 0.5) is 10.1 Å². The maximum atomic E-state index is 13.6. The molecule has 0 aromatic heterocycles. The lowest BCUT2D eigenvalue weighted by atomic mass is 10.2. The number of anilines is 1. The second kappa shape index (κ2) is 4.75. The number of nitrogen functional groups attached to an aromatic ring is 1. The molecule has 88 valence electrons. The highest BCUT2D eigenvalue weighted by Crippen LogP contribution is 2.28. The fourth-order valence-electron chi connectivity index (χ4n) is 1.52. The van der Waals surface area contributed by atoms with Gasteiger partial charge < -0.3 is 10.5 Å². The first-order chi connectivity index (χ1) is 8.04. The van der Waals surface area contributed by atoms with Gasteiger partial charge in [-0.25, -0.2) is 4.39 Å². The van der Waals surface area contributed by atoms with Crippen molar-refractivity contribution < 1.29 is 9.13 Å². The van der Waals surface area contributed by atoms with Crippen LogP contribution in [0.5, 0.6) is 11.5 Å². The molecule has 2 rings (SSSR count). The van der Waals surface area contributed by atoms with Crippen LogP contribution >= 0.6 is 15.9 Å². The van der Waals surface area contributed by atoms with Crippen molar-refractivity contribution in [2.24, 2.45) is 0 Å². The number of nitrogens with two attached hydrogens (primary N) is 1. The molecule has 0 saturated heterocycles. The van der Waals surface area contributed by atoms with Crippen LogP contribution in [-0.2, 0) is 0 Å². The van der Waals surface area contributed by atoms with Gasteiger partial charge in [0, 0.05) is 16.2 Å². The summed E-state index contributed by atoms with van der Waals surface area (Å²) in [7, 11) is 0. The van der Waals surface area contributed by atoms with Gasteiger partial charge in [-0.05, 0) is 42.8 Å². The predicted molar refractivity (Wildman–Crippen MR) is 69.8 cm³/mol. The largest absolute Gasteiger partial charge is 0.454 e. The van der Waals surface area contributed by atoms with Crippen molar-refractivity contribution in [3.8, 4) is 11.5 Å². The molecule has 2 nitrogen and oxygen atoms in total. The smallest absolute Gasteiger partial charge is 0.166 e. The molecular formula is C13H11BrFNO. The first-order valence-corrected chi connectivity index (χ1v) is 5.84. The van der Waals surface area contributed by atoms with E-state index in [1.807, 2.05) is 13.0 Å². The number of benzene rings is 2. The minimum Gasteiger partial charge on any atom is -0.454 e. The number of hydrogen-bond acceptors (Lipinski definition) is 2. The van der Waals surface area contributed by atoms with Crippen LogP contribution in [0.1, 0.15) is 5.56 Å². The van der Waals surface area contributed by atoms with Gasteiger partial charge in [-0.3, -0.25) is 0 Å². The molecule has 0 saturated carbocycles. The van der Waals surface area contributed by atoms with Gasteiger partial charge in [0.2, 0.25) is 0 Å². The quantitative estimate of drug-likeness (QED) is 0.840. The third kappa shape index (κ3) is 2.97. The Balaban J connectivity index is 2.31. The summed E-state index contributed by atoms with van der Waals surface area (Å²) in [4.78, 5) is 0. The van der Waals surface area contributed by atoms with E-state index in [-0.39, 0.29) is 5.75 Å². The van der Waals surface area contributed by atoms with E-state index in [4.69, 9.17) is 10.5 Å². The van der Waals surface area contributed by atoms with Gasteiger partial charge in [-0.15, -0.1) is 0 Å². The van der Waals surface area contributed by atoms with Crippen molar-refractivity contribution >= 4 is 21.6 Å². The summed E-state index contributed by atoms with van der Waals surface area (Å²) in [6, 6.07) is 9.93. The van der Waals surface area contributed by atoms with Crippen molar-refractivity contribution in [1.82, 2.24) is 0 Å². The third-order valence-electron chi connectivity index (χ3n) is 2.19. The van der Waals surface area contributed by atoms with Crippen LogP contribution in [0.25, 0.3) is 0 Å². The van der Waals surface area contributed by atoms with Crippen LogP contribution in [-0.4, -0.2) is 0 Å². The molecule has 0 fully saturated rings. The second-order valence-corrected chi connectivity index (χ2v) is 4.67. The summed E-state index contributed by atoms with van der Waals surface area (Å²) < 4.78 is 19.7. The predicted octanol–water partition coefficient (Wildman–Crippen LogP) is 4.27. The van der Waals surface area contributed by atoms with E-state index in [1.54, 1.807) is 24.3 Å². The summed E-state index contributed by atoms with van der Waals surface area (Å²) in [5, 5.41) is 0. The average Bonchev–Trinajstić information content (AvgIpc) is 2.21. The number of aryl methyl sites for hydroxylation is 1. The van der Waals surface area contributed by atoms with Crippen molar-refractivity contribution in [2.45, 2.75) is 6.92 Å². The summed E-state index contributed by atoms with van der Waals surface area (Å²) >= 11 is 3.19. The number of rotatable bonds is 2. The fraction of sp³-hybridized carbons (Fsp3) is 0.0769. The zero-order chi connectivity index (χ0) is 12.4. The molecule has 4 heteroatoms. The molecule has 2 aromatic rings. The zero-order valence-electron chi connectivity index (χ0n) is 9.21. The first kappa shape index (κ1) is 11.9. The number of hydrogen-bond donors (Lipinski definition) is 1. The Kier molecular flexibility index (Phi) is 3.33. The highest BCUT2D eigenvalue weighted by Gasteiger charge is 2.06.